The van der Waals surface area contributed by atoms with Gasteiger partial charge in [0.25, 0.3) is 0 Å². The molecule has 0 bridgehead atoms. The maximum atomic E-state index is 12.8. The molecule has 0 atom stereocenters. The number of ether oxygens (including phenoxy) is 5. The molecule has 9 heteroatoms. The third-order valence-electron chi connectivity index (χ3n) is 9.24. The van der Waals surface area contributed by atoms with E-state index in [-0.39, 0.29) is 23.8 Å². The summed E-state index contributed by atoms with van der Waals surface area (Å²) in [6.07, 6.45) is 13.2. The first-order valence-electron chi connectivity index (χ1n) is 17.2. The van der Waals surface area contributed by atoms with Crippen LogP contribution in [-0.4, -0.2) is 44.7 Å². The number of carbonyl (C=O) groups excluding carboxylic acids is 3. The van der Waals surface area contributed by atoms with Gasteiger partial charge in [0, 0.05) is 24.1 Å². The Balaban J connectivity index is 1.09. The Morgan fingerprint density at radius 2 is 1.36 bits per heavy atom. The van der Waals surface area contributed by atoms with Crippen LogP contribution in [0.4, 0.5) is 0 Å². The number of hydrogen-bond donors (Lipinski definition) is 1. The number of rotatable bonds is 19. The third-order valence-corrected chi connectivity index (χ3v) is 9.24. The summed E-state index contributed by atoms with van der Waals surface area (Å²) in [6, 6.07) is 13.0. The molecule has 4 rings (SSSR count). The van der Waals surface area contributed by atoms with Gasteiger partial charge in [-0.05, 0) is 131 Å². The molecule has 0 saturated heterocycles. The lowest BCUT2D eigenvalue weighted by Crippen LogP contribution is -2.27. The zero-order valence-electron chi connectivity index (χ0n) is 27.6. The monoisotopic (exact) mass is 649 g/mol. The van der Waals surface area contributed by atoms with Crippen LogP contribution in [0.3, 0.4) is 0 Å². The Bertz CT molecular complexity index is 1260. The normalized spacial score (nSPS) is 20.9. The summed E-state index contributed by atoms with van der Waals surface area (Å²) in [5.74, 6) is 3.22. The summed E-state index contributed by atoms with van der Waals surface area (Å²) < 4.78 is 28.7. The first kappa shape index (κ1) is 36.0. The Labute approximate surface area is 279 Å². The second-order valence-electron chi connectivity index (χ2n) is 12.8. The van der Waals surface area contributed by atoms with E-state index in [2.05, 4.69) is 6.58 Å². The number of benzene rings is 2. The lowest BCUT2D eigenvalue weighted by atomic mass is 9.82. The highest BCUT2D eigenvalue weighted by Crippen LogP contribution is 2.33. The Morgan fingerprint density at radius 1 is 0.745 bits per heavy atom. The summed E-state index contributed by atoms with van der Waals surface area (Å²) in [7, 11) is 0. The first-order valence-corrected chi connectivity index (χ1v) is 17.2. The average molecular weight is 650 g/mol. The molecule has 0 radical (unpaired) electrons. The number of esters is 2. The van der Waals surface area contributed by atoms with Gasteiger partial charge >= 0.3 is 11.9 Å². The predicted octanol–water partition coefficient (Wildman–Crippen LogP) is 6.99. The molecule has 2 N–H and O–H groups in total. The second kappa shape index (κ2) is 19.7. The van der Waals surface area contributed by atoms with Crippen molar-refractivity contribution >= 4 is 18.2 Å². The summed E-state index contributed by atoms with van der Waals surface area (Å²) >= 11 is 0. The van der Waals surface area contributed by atoms with Crippen LogP contribution in [0.25, 0.3) is 0 Å². The average Bonchev–Trinajstić information content (AvgIpc) is 3.12. The van der Waals surface area contributed by atoms with E-state index in [1.807, 2.05) is 30.3 Å². The molecule has 2 aromatic carbocycles. The van der Waals surface area contributed by atoms with Gasteiger partial charge in [0.15, 0.2) is 0 Å². The number of nitrogens with two attached hydrogens (primary N) is 1. The Morgan fingerprint density at radius 3 is 2.02 bits per heavy atom. The van der Waals surface area contributed by atoms with E-state index in [1.54, 1.807) is 12.1 Å². The van der Waals surface area contributed by atoms with Gasteiger partial charge in [-0.1, -0.05) is 6.58 Å². The largest absolute Gasteiger partial charge is 0.494 e. The molecule has 2 fully saturated rings. The zero-order valence-corrected chi connectivity index (χ0v) is 27.6. The van der Waals surface area contributed by atoms with Crippen molar-refractivity contribution in [2.75, 3.05) is 26.4 Å². The van der Waals surface area contributed by atoms with E-state index >= 15 is 0 Å². The van der Waals surface area contributed by atoms with E-state index in [0.29, 0.717) is 50.6 Å². The van der Waals surface area contributed by atoms with Crippen LogP contribution in [0.2, 0.25) is 0 Å². The maximum Gasteiger partial charge on any atom is 0.330 e. The van der Waals surface area contributed by atoms with Gasteiger partial charge in [0.1, 0.15) is 29.3 Å². The number of aldehydes is 1. The molecule has 47 heavy (non-hydrogen) atoms. The Kier molecular flexibility index (Phi) is 15.1. The van der Waals surface area contributed by atoms with Crippen molar-refractivity contribution in [1.82, 2.24) is 0 Å². The van der Waals surface area contributed by atoms with E-state index in [9.17, 15) is 14.4 Å². The van der Waals surface area contributed by atoms with Crippen molar-refractivity contribution < 1.29 is 38.1 Å². The van der Waals surface area contributed by atoms with E-state index in [0.717, 1.165) is 106 Å². The van der Waals surface area contributed by atoms with Crippen molar-refractivity contribution in [3.05, 3.63) is 60.7 Å². The smallest absolute Gasteiger partial charge is 0.330 e. The zero-order chi connectivity index (χ0) is 33.3. The maximum absolute atomic E-state index is 12.8. The molecule has 0 aliphatic heterocycles. The molecule has 0 heterocycles. The topological polar surface area (TPSA) is 123 Å². The molecule has 2 aromatic rings. The lowest BCUT2D eigenvalue weighted by Gasteiger charge is -2.27. The van der Waals surface area contributed by atoms with Crippen LogP contribution in [0, 0.1) is 23.7 Å². The fraction of sp³-hybridized carbons (Fsp3) is 0.553. The van der Waals surface area contributed by atoms with Gasteiger partial charge in [-0.15, -0.1) is 0 Å². The van der Waals surface area contributed by atoms with Crippen molar-refractivity contribution in [3.8, 4) is 23.0 Å². The molecule has 0 spiro atoms. The van der Waals surface area contributed by atoms with Gasteiger partial charge in [0.05, 0.1) is 32.3 Å². The van der Waals surface area contributed by atoms with Gasteiger partial charge in [-0.3, -0.25) is 4.79 Å². The minimum Gasteiger partial charge on any atom is -0.494 e. The first-order chi connectivity index (χ1) is 23.0. The lowest BCUT2D eigenvalue weighted by molar-refractivity contribution is -0.140. The van der Waals surface area contributed by atoms with Crippen LogP contribution in [0.15, 0.2) is 55.1 Å². The van der Waals surface area contributed by atoms with Gasteiger partial charge in [-0.25, -0.2) is 4.79 Å². The molecular formula is C38H51NO8. The Hall–Kier alpha value is -3.85. The van der Waals surface area contributed by atoms with Gasteiger partial charge < -0.3 is 34.2 Å². The minimum atomic E-state index is -0.384. The molecule has 2 aliphatic carbocycles. The van der Waals surface area contributed by atoms with Crippen LogP contribution in [0.5, 0.6) is 23.0 Å². The summed E-state index contributed by atoms with van der Waals surface area (Å²) in [6.45, 7) is 5.99. The summed E-state index contributed by atoms with van der Waals surface area (Å²) in [5.41, 5.74) is 6.95. The fourth-order valence-corrected chi connectivity index (χ4v) is 6.21. The molecule has 2 aliphatic rings. The van der Waals surface area contributed by atoms with Crippen LogP contribution in [0.1, 0.15) is 82.6 Å². The molecule has 9 nitrogen and oxygen atoms in total. The highest BCUT2D eigenvalue weighted by Gasteiger charge is 2.28. The van der Waals surface area contributed by atoms with Crippen LogP contribution < -0.4 is 24.7 Å². The summed E-state index contributed by atoms with van der Waals surface area (Å²) in [4.78, 5) is 34.9. The molecule has 0 unspecified atom stereocenters. The van der Waals surface area contributed by atoms with Gasteiger partial charge in [0.2, 0.25) is 0 Å². The SMILES string of the molecule is C=CC(=O)OCCCCCCOc1ccc(OC(=O)C2CCC(COc3ccc(OCC4CCC(C=O)CC4)c(CN)c3)CC2)cc1. The van der Waals surface area contributed by atoms with Gasteiger partial charge in [-0.2, -0.15) is 0 Å². The molecular weight excluding hydrogens is 598 g/mol. The van der Waals surface area contributed by atoms with Crippen molar-refractivity contribution in [2.24, 2.45) is 29.4 Å². The quantitative estimate of drug-likeness (QED) is 0.0564. The number of hydrogen-bond acceptors (Lipinski definition) is 9. The third kappa shape index (κ3) is 12.4. The second-order valence-corrected chi connectivity index (χ2v) is 12.8. The molecule has 2 saturated carbocycles. The fourth-order valence-electron chi connectivity index (χ4n) is 6.21. The number of unbranched alkanes of at least 4 members (excludes halogenated alkanes) is 3. The highest BCUT2D eigenvalue weighted by atomic mass is 16.5. The standard InChI is InChI=1S/C38H51NO8/c1-2-37(41)44-22-6-4-3-5-21-43-33-15-17-34(18-16-33)47-38(42)31-13-11-30(12-14-31)26-45-35-19-20-36(32(23-35)24-39)46-27-29-9-7-28(25-40)8-10-29/h2,15-20,23,25,28-31H,1,3-14,21-22,24,26-27,39H2. The van der Waals surface area contributed by atoms with Crippen LogP contribution >= 0.6 is 0 Å². The molecule has 256 valence electrons. The number of carbonyl (C=O) groups is 3. The van der Waals surface area contributed by atoms with Crippen molar-refractivity contribution in [3.63, 3.8) is 0 Å². The van der Waals surface area contributed by atoms with E-state index in [1.165, 1.54) is 6.08 Å². The van der Waals surface area contributed by atoms with Crippen molar-refractivity contribution in [2.45, 2.75) is 83.6 Å². The van der Waals surface area contributed by atoms with E-state index in [4.69, 9.17) is 29.4 Å². The highest BCUT2D eigenvalue weighted by molar-refractivity contribution is 5.81. The predicted molar refractivity (Wildman–Crippen MR) is 179 cm³/mol. The molecule has 0 amide bonds. The van der Waals surface area contributed by atoms with Crippen LogP contribution in [-0.2, 0) is 25.7 Å². The van der Waals surface area contributed by atoms with Crippen molar-refractivity contribution in [1.29, 1.82) is 0 Å². The molecule has 0 aromatic heterocycles. The summed E-state index contributed by atoms with van der Waals surface area (Å²) in [5, 5.41) is 0. The minimum absolute atomic E-state index is 0.115. The van der Waals surface area contributed by atoms with E-state index < -0.39 is 0 Å².